The number of aromatic nitrogens is 3. The molecule has 104 valence electrons. The Balaban J connectivity index is 1.96. The minimum atomic E-state index is -0.501. The van der Waals surface area contributed by atoms with Gasteiger partial charge in [0, 0.05) is 12.6 Å². The lowest BCUT2D eigenvalue weighted by molar-refractivity contribution is 0.0512. The molecule has 0 unspecified atom stereocenters. The number of carbonyl (C=O) groups is 1. The average Bonchev–Trinajstić information content (AvgIpc) is 3.04. The van der Waals surface area contributed by atoms with Crippen LogP contribution in [0.2, 0.25) is 0 Å². The second-order valence-corrected chi connectivity index (χ2v) is 4.58. The Morgan fingerprint density at radius 1 is 1.40 bits per heavy atom. The lowest BCUT2D eigenvalue weighted by atomic mass is 10.1. The van der Waals surface area contributed by atoms with Crippen LogP contribution >= 0.6 is 0 Å². The molecule has 0 N–H and O–H groups in total. The van der Waals surface area contributed by atoms with Gasteiger partial charge in [-0.25, -0.2) is 14.5 Å². The standard InChI is InChI=1S/C14H15N3O3/c1-3-20-14(18)12-15-13(17(2)16-12)9-4-5-10-7-19-8-11(10)6-9/h4-6H,3,7-8H2,1-2H3. The van der Waals surface area contributed by atoms with E-state index in [9.17, 15) is 4.79 Å². The maximum atomic E-state index is 11.6. The third kappa shape index (κ3) is 2.18. The second kappa shape index (κ2) is 5.05. The third-order valence-electron chi connectivity index (χ3n) is 3.20. The average molecular weight is 273 g/mol. The number of hydrogen-bond acceptors (Lipinski definition) is 5. The fourth-order valence-corrected chi connectivity index (χ4v) is 2.23. The van der Waals surface area contributed by atoms with Crippen LogP contribution in [0.15, 0.2) is 18.2 Å². The first-order valence-electron chi connectivity index (χ1n) is 6.47. The summed E-state index contributed by atoms with van der Waals surface area (Å²) in [5.41, 5.74) is 3.27. The number of aryl methyl sites for hydroxylation is 1. The van der Waals surface area contributed by atoms with Gasteiger partial charge in [-0.2, -0.15) is 0 Å². The minimum absolute atomic E-state index is 0.0844. The lowest BCUT2D eigenvalue weighted by Crippen LogP contribution is -2.07. The summed E-state index contributed by atoms with van der Waals surface area (Å²) >= 11 is 0. The molecule has 0 fully saturated rings. The van der Waals surface area contributed by atoms with Crippen LogP contribution in [-0.2, 0) is 29.7 Å². The molecular formula is C14H15N3O3. The van der Waals surface area contributed by atoms with Gasteiger partial charge in [0.2, 0.25) is 0 Å². The van der Waals surface area contributed by atoms with Crippen LogP contribution in [0.4, 0.5) is 0 Å². The molecule has 0 saturated carbocycles. The number of ether oxygens (including phenoxy) is 2. The number of fused-ring (bicyclic) bond motifs is 1. The first kappa shape index (κ1) is 12.8. The van der Waals surface area contributed by atoms with Crippen molar-refractivity contribution in [2.45, 2.75) is 20.1 Å². The summed E-state index contributed by atoms with van der Waals surface area (Å²) in [4.78, 5) is 15.9. The minimum Gasteiger partial charge on any atom is -0.460 e. The van der Waals surface area contributed by atoms with Crippen molar-refractivity contribution in [3.8, 4) is 11.4 Å². The molecule has 3 rings (SSSR count). The van der Waals surface area contributed by atoms with E-state index in [1.54, 1.807) is 18.7 Å². The van der Waals surface area contributed by atoms with Gasteiger partial charge in [0.25, 0.3) is 5.82 Å². The number of carbonyl (C=O) groups excluding carboxylic acids is 1. The monoisotopic (exact) mass is 273 g/mol. The molecule has 0 bridgehead atoms. The van der Waals surface area contributed by atoms with Crippen LogP contribution in [0.25, 0.3) is 11.4 Å². The van der Waals surface area contributed by atoms with Crippen LogP contribution in [0.5, 0.6) is 0 Å². The Labute approximate surface area is 116 Å². The van der Waals surface area contributed by atoms with Gasteiger partial charge in [0.1, 0.15) is 0 Å². The smallest absolute Gasteiger partial charge is 0.378 e. The molecule has 6 nitrogen and oxygen atoms in total. The number of hydrogen-bond donors (Lipinski definition) is 0. The summed E-state index contributed by atoms with van der Waals surface area (Å²) in [7, 11) is 1.76. The maximum absolute atomic E-state index is 11.6. The molecule has 0 saturated heterocycles. The highest BCUT2D eigenvalue weighted by Gasteiger charge is 2.18. The van der Waals surface area contributed by atoms with E-state index in [0.29, 0.717) is 25.6 Å². The quantitative estimate of drug-likeness (QED) is 0.796. The molecule has 0 aliphatic carbocycles. The first-order chi connectivity index (χ1) is 9.69. The zero-order valence-electron chi connectivity index (χ0n) is 11.4. The van der Waals surface area contributed by atoms with Crippen LogP contribution < -0.4 is 0 Å². The normalized spacial score (nSPS) is 13.3. The van der Waals surface area contributed by atoms with E-state index in [1.165, 1.54) is 5.56 Å². The van der Waals surface area contributed by atoms with Crippen LogP contribution in [0.1, 0.15) is 28.7 Å². The van der Waals surface area contributed by atoms with E-state index in [0.717, 1.165) is 11.1 Å². The molecule has 1 aromatic carbocycles. The van der Waals surface area contributed by atoms with E-state index in [1.807, 2.05) is 18.2 Å². The molecule has 6 heteroatoms. The topological polar surface area (TPSA) is 66.2 Å². The van der Waals surface area contributed by atoms with Crippen molar-refractivity contribution in [2.24, 2.45) is 7.05 Å². The van der Waals surface area contributed by atoms with E-state index in [4.69, 9.17) is 9.47 Å². The molecule has 0 radical (unpaired) electrons. The predicted molar refractivity (Wildman–Crippen MR) is 70.9 cm³/mol. The Morgan fingerprint density at radius 2 is 2.20 bits per heavy atom. The summed E-state index contributed by atoms with van der Waals surface area (Å²) in [5, 5.41) is 4.10. The molecule has 0 spiro atoms. The van der Waals surface area contributed by atoms with Crippen molar-refractivity contribution in [3.63, 3.8) is 0 Å². The van der Waals surface area contributed by atoms with Gasteiger partial charge in [-0.15, -0.1) is 5.10 Å². The van der Waals surface area contributed by atoms with Gasteiger partial charge in [-0.05, 0) is 24.1 Å². The highest BCUT2D eigenvalue weighted by atomic mass is 16.5. The molecule has 0 atom stereocenters. The summed E-state index contributed by atoms with van der Waals surface area (Å²) in [6, 6.07) is 6.02. The van der Waals surface area contributed by atoms with E-state index in [2.05, 4.69) is 10.1 Å². The van der Waals surface area contributed by atoms with Crippen molar-refractivity contribution in [1.29, 1.82) is 0 Å². The largest absolute Gasteiger partial charge is 0.460 e. The number of benzene rings is 1. The second-order valence-electron chi connectivity index (χ2n) is 4.58. The molecular weight excluding hydrogens is 258 g/mol. The molecule has 1 aliphatic rings. The Hall–Kier alpha value is -2.21. The highest BCUT2D eigenvalue weighted by Crippen LogP contribution is 2.25. The molecule has 1 aliphatic heterocycles. The summed E-state index contributed by atoms with van der Waals surface area (Å²) in [6.07, 6.45) is 0. The summed E-state index contributed by atoms with van der Waals surface area (Å²) in [5.74, 6) is 0.225. The van der Waals surface area contributed by atoms with E-state index < -0.39 is 5.97 Å². The van der Waals surface area contributed by atoms with Gasteiger partial charge in [-0.1, -0.05) is 12.1 Å². The maximum Gasteiger partial charge on any atom is 0.378 e. The number of nitrogens with zero attached hydrogens (tertiary/aromatic N) is 3. The number of rotatable bonds is 3. The van der Waals surface area contributed by atoms with Crippen molar-refractivity contribution in [3.05, 3.63) is 35.2 Å². The Kier molecular flexibility index (Phi) is 3.23. The van der Waals surface area contributed by atoms with Crippen molar-refractivity contribution >= 4 is 5.97 Å². The fourth-order valence-electron chi connectivity index (χ4n) is 2.23. The summed E-state index contributed by atoms with van der Waals surface area (Å²) < 4.78 is 11.9. The Bertz CT molecular complexity index is 664. The third-order valence-corrected chi connectivity index (χ3v) is 3.20. The van der Waals surface area contributed by atoms with Crippen LogP contribution in [0.3, 0.4) is 0 Å². The lowest BCUT2D eigenvalue weighted by Gasteiger charge is -2.02. The van der Waals surface area contributed by atoms with E-state index in [-0.39, 0.29) is 5.82 Å². The van der Waals surface area contributed by atoms with Gasteiger partial charge in [-0.3, -0.25) is 0 Å². The number of esters is 1. The van der Waals surface area contributed by atoms with Crippen molar-refractivity contribution in [1.82, 2.24) is 14.8 Å². The molecule has 20 heavy (non-hydrogen) atoms. The van der Waals surface area contributed by atoms with E-state index >= 15 is 0 Å². The van der Waals surface area contributed by atoms with Crippen molar-refractivity contribution < 1.29 is 14.3 Å². The fraction of sp³-hybridized carbons (Fsp3) is 0.357. The molecule has 0 amide bonds. The molecule has 2 aromatic rings. The predicted octanol–water partition coefficient (Wildman–Crippen LogP) is 1.69. The summed E-state index contributed by atoms with van der Waals surface area (Å²) in [6.45, 7) is 3.33. The van der Waals surface area contributed by atoms with Gasteiger partial charge >= 0.3 is 5.97 Å². The molecule has 2 heterocycles. The zero-order chi connectivity index (χ0) is 14.1. The van der Waals surface area contributed by atoms with Crippen LogP contribution in [-0.4, -0.2) is 27.3 Å². The SMILES string of the molecule is CCOC(=O)c1nc(-c2ccc3c(c2)COC3)n(C)n1. The highest BCUT2D eigenvalue weighted by molar-refractivity contribution is 5.85. The first-order valence-corrected chi connectivity index (χ1v) is 6.47. The van der Waals surface area contributed by atoms with Gasteiger partial charge in [0.15, 0.2) is 5.82 Å². The van der Waals surface area contributed by atoms with Crippen LogP contribution in [0, 0.1) is 0 Å². The zero-order valence-corrected chi connectivity index (χ0v) is 11.4. The van der Waals surface area contributed by atoms with Crippen molar-refractivity contribution in [2.75, 3.05) is 6.61 Å². The van der Waals surface area contributed by atoms with Gasteiger partial charge < -0.3 is 9.47 Å². The van der Waals surface area contributed by atoms with Gasteiger partial charge in [0.05, 0.1) is 19.8 Å². The Morgan fingerprint density at radius 3 is 3.00 bits per heavy atom. The molecule has 1 aromatic heterocycles.